The summed E-state index contributed by atoms with van der Waals surface area (Å²) in [6.45, 7) is 0. The van der Waals surface area contributed by atoms with Crippen LogP contribution in [0.25, 0.3) is 0 Å². The van der Waals surface area contributed by atoms with Crippen LogP contribution in [0.5, 0.6) is 0 Å². The fourth-order valence-electron chi connectivity index (χ4n) is 0.477. The number of hydrogen-bond donors (Lipinski definition) is 1. The Bertz CT molecular complexity index is 263. The minimum Gasteiger partial charge on any atom is -0.382 e. The molecule has 0 amide bonds. The number of halogens is 1. The van der Waals surface area contributed by atoms with Gasteiger partial charge in [-0.05, 0) is 0 Å². The molecule has 0 fully saturated rings. The predicted octanol–water partition coefficient (Wildman–Crippen LogP) is 0.525. The molecule has 0 radical (unpaired) electrons. The predicted molar refractivity (Wildman–Crippen MR) is 36.8 cm³/mol. The van der Waals surface area contributed by atoms with E-state index in [0.717, 1.165) is 0 Å². The number of rotatable bonds is 1. The van der Waals surface area contributed by atoms with Crippen LogP contribution in [0.2, 0.25) is 5.15 Å². The summed E-state index contributed by atoms with van der Waals surface area (Å²) in [5.41, 5.74) is 5.31. The summed E-state index contributed by atoms with van der Waals surface area (Å²) in [5, 5.41) is 0.163. The second-order valence-electron chi connectivity index (χ2n) is 1.58. The summed E-state index contributed by atoms with van der Waals surface area (Å²) in [5.74, 6) is 0.0967. The lowest BCUT2D eigenvalue weighted by molar-refractivity contribution is 0.111. The number of anilines is 1. The number of aromatic nitrogens is 2. The molecule has 0 unspecified atom stereocenters. The Kier molecular flexibility index (Phi) is 1.82. The largest absolute Gasteiger partial charge is 0.382 e. The average molecular weight is 158 g/mol. The number of hydrogen-bond acceptors (Lipinski definition) is 4. The number of nitrogen functional groups attached to an aromatic ring is 1. The van der Waals surface area contributed by atoms with Crippen molar-refractivity contribution in [3.63, 3.8) is 0 Å². The molecule has 0 saturated carbocycles. The molecule has 0 atom stereocenters. The highest BCUT2D eigenvalue weighted by Gasteiger charge is 1.99. The maximum atomic E-state index is 10.1. The van der Waals surface area contributed by atoms with E-state index in [1.807, 2.05) is 0 Å². The van der Waals surface area contributed by atoms with E-state index in [4.69, 9.17) is 17.3 Å². The minimum absolute atomic E-state index is 0.0764. The normalized spacial score (nSPS) is 9.30. The van der Waals surface area contributed by atoms with E-state index in [0.29, 0.717) is 6.29 Å². The van der Waals surface area contributed by atoms with Gasteiger partial charge in [-0.1, -0.05) is 11.6 Å². The van der Waals surface area contributed by atoms with Crippen LogP contribution in [-0.4, -0.2) is 16.3 Å². The zero-order valence-electron chi connectivity index (χ0n) is 4.91. The fourth-order valence-corrected chi connectivity index (χ4v) is 0.617. The highest BCUT2D eigenvalue weighted by Crippen LogP contribution is 2.06. The Morgan fingerprint density at radius 3 is 2.90 bits per heavy atom. The van der Waals surface area contributed by atoms with Gasteiger partial charge in [0.15, 0.2) is 12.1 Å². The van der Waals surface area contributed by atoms with E-state index in [-0.39, 0.29) is 16.7 Å². The molecule has 1 rings (SSSR count). The zero-order valence-corrected chi connectivity index (χ0v) is 5.67. The van der Waals surface area contributed by atoms with Gasteiger partial charge in [0.25, 0.3) is 0 Å². The summed E-state index contributed by atoms with van der Waals surface area (Å²) in [6, 6.07) is 0. The lowest BCUT2D eigenvalue weighted by Gasteiger charge is -1.94. The molecule has 0 spiro atoms. The SMILES string of the molecule is Nc1ncc(Cl)nc1C=O. The van der Waals surface area contributed by atoms with Crippen LogP contribution >= 0.6 is 11.6 Å². The van der Waals surface area contributed by atoms with Crippen molar-refractivity contribution < 1.29 is 4.79 Å². The molecule has 4 nitrogen and oxygen atoms in total. The smallest absolute Gasteiger partial charge is 0.172 e. The maximum absolute atomic E-state index is 10.1. The van der Waals surface area contributed by atoms with Gasteiger partial charge in [-0.3, -0.25) is 4.79 Å². The molecule has 5 heteroatoms. The van der Waals surface area contributed by atoms with Gasteiger partial charge in [0.1, 0.15) is 10.8 Å². The molecule has 0 saturated heterocycles. The Labute approximate surface area is 62.0 Å². The van der Waals surface area contributed by atoms with Gasteiger partial charge in [-0.25, -0.2) is 9.97 Å². The highest BCUT2D eigenvalue weighted by molar-refractivity contribution is 6.29. The van der Waals surface area contributed by atoms with Gasteiger partial charge in [0.2, 0.25) is 0 Å². The molecule has 0 aliphatic heterocycles. The first-order valence-electron chi connectivity index (χ1n) is 2.47. The highest BCUT2D eigenvalue weighted by atomic mass is 35.5. The molecule has 0 bridgehead atoms. The third kappa shape index (κ3) is 1.22. The van der Waals surface area contributed by atoms with Crippen LogP contribution in [0.15, 0.2) is 6.20 Å². The zero-order chi connectivity index (χ0) is 7.56. The first-order valence-corrected chi connectivity index (χ1v) is 2.85. The van der Waals surface area contributed by atoms with E-state index >= 15 is 0 Å². The third-order valence-electron chi connectivity index (χ3n) is 0.911. The monoisotopic (exact) mass is 157 g/mol. The van der Waals surface area contributed by atoms with Crippen molar-refractivity contribution in [3.05, 3.63) is 17.0 Å². The second kappa shape index (κ2) is 2.62. The Morgan fingerprint density at radius 1 is 1.70 bits per heavy atom. The minimum atomic E-state index is 0.0764. The number of aldehydes is 1. The van der Waals surface area contributed by atoms with Crippen LogP contribution in [0, 0.1) is 0 Å². The van der Waals surface area contributed by atoms with Gasteiger partial charge >= 0.3 is 0 Å². The summed E-state index contributed by atoms with van der Waals surface area (Å²) in [4.78, 5) is 17.3. The molecule has 0 aliphatic carbocycles. The molecule has 2 N–H and O–H groups in total. The van der Waals surface area contributed by atoms with Gasteiger partial charge < -0.3 is 5.73 Å². The van der Waals surface area contributed by atoms with Crippen molar-refractivity contribution in [2.24, 2.45) is 0 Å². The molecule has 10 heavy (non-hydrogen) atoms. The van der Waals surface area contributed by atoms with E-state index in [9.17, 15) is 4.79 Å². The molecule has 0 aromatic carbocycles. The maximum Gasteiger partial charge on any atom is 0.172 e. The van der Waals surface area contributed by atoms with Crippen LogP contribution in [-0.2, 0) is 0 Å². The molecular weight excluding hydrogens is 154 g/mol. The summed E-state index contributed by atoms with van der Waals surface area (Å²) < 4.78 is 0. The molecule has 52 valence electrons. The lowest BCUT2D eigenvalue weighted by atomic mass is 10.4. The summed E-state index contributed by atoms with van der Waals surface area (Å²) >= 11 is 5.41. The van der Waals surface area contributed by atoms with E-state index in [2.05, 4.69) is 9.97 Å². The Hall–Kier alpha value is -1.16. The van der Waals surface area contributed by atoms with Crippen molar-refractivity contribution in [2.75, 3.05) is 5.73 Å². The molecular formula is C5H4ClN3O. The van der Waals surface area contributed by atoms with Crippen molar-refractivity contribution in [3.8, 4) is 0 Å². The third-order valence-corrected chi connectivity index (χ3v) is 1.09. The molecule has 1 aromatic rings. The van der Waals surface area contributed by atoms with Crippen molar-refractivity contribution in [2.45, 2.75) is 0 Å². The summed E-state index contributed by atoms with van der Waals surface area (Å²) in [7, 11) is 0. The lowest BCUT2D eigenvalue weighted by Crippen LogP contribution is -1.99. The van der Waals surface area contributed by atoms with Crippen LogP contribution in [0.4, 0.5) is 5.82 Å². The van der Waals surface area contributed by atoms with Gasteiger partial charge in [-0.15, -0.1) is 0 Å². The van der Waals surface area contributed by atoms with Gasteiger partial charge in [0.05, 0.1) is 6.20 Å². The van der Waals surface area contributed by atoms with Crippen LogP contribution in [0.1, 0.15) is 10.5 Å². The quantitative estimate of drug-likeness (QED) is 0.604. The fraction of sp³-hybridized carbons (Fsp3) is 0. The first-order chi connectivity index (χ1) is 4.74. The first kappa shape index (κ1) is 6.95. The molecule has 0 aliphatic rings. The number of carbonyl (C=O) groups excluding carboxylic acids is 1. The number of nitrogens with two attached hydrogens (primary N) is 1. The van der Waals surface area contributed by atoms with Crippen LogP contribution in [0.3, 0.4) is 0 Å². The van der Waals surface area contributed by atoms with Crippen molar-refractivity contribution in [1.82, 2.24) is 9.97 Å². The number of nitrogens with zero attached hydrogens (tertiary/aromatic N) is 2. The Morgan fingerprint density at radius 2 is 2.40 bits per heavy atom. The average Bonchev–Trinajstić information content (AvgIpc) is 1.94. The van der Waals surface area contributed by atoms with Gasteiger partial charge in [-0.2, -0.15) is 0 Å². The second-order valence-corrected chi connectivity index (χ2v) is 1.97. The topological polar surface area (TPSA) is 68.9 Å². The molecule has 1 aromatic heterocycles. The van der Waals surface area contributed by atoms with E-state index in [1.54, 1.807) is 0 Å². The molecule has 1 heterocycles. The van der Waals surface area contributed by atoms with Crippen LogP contribution < -0.4 is 5.73 Å². The Balaban J connectivity index is 3.21. The van der Waals surface area contributed by atoms with E-state index < -0.39 is 0 Å². The standard InChI is InChI=1S/C5H4ClN3O/c6-4-1-8-5(7)3(2-10)9-4/h1-2H,(H2,7,8). The van der Waals surface area contributed by atoms with E-state index in [1.165, 1.54) is 6.20 Å². The van der Waals surface area contributed by atoms with Crippen molar-refractivity contribution >= 4 is 23.7 Å². The van der Waals surface area contributed by atoms with Crippen molar-refractivity contribution in [1.29, 1.82) is 0 Å². The summed E-state index contributed by atoms with van der Waals surface area (Å²) in [6.07, 6.45) is 1.79. The number of carbonyl (C=O) groups is 1. The van der Waals surface area contributed by atoms with Gasteiger partial charge in [0, 0.05) is 0 Å².